The molecule has 0 saturated carbocycles. The number of nitrogens with zero attached hydrogens (tertiary/aromatic N) is 3. The van der Waals surface area contributed by atoms with Crippen LogP contribution < -0.4 is 0 Å². The smallest absolute Gasteiger partial charge is 0.150 e. The fourth-order valence-electron chi connectivity index (χ4n) is 0.556. The van der Waals surface area contributed by atoms with E-state index < -0.39 is 30.6 Å². The van der Waals surface area contributed by atoms with E-state index in [1.165, 1.54) is 0 Å². The molecule has 1 heterocycles. The van der Waals surface area contributed by atoms with E-state index in [0.717, 1.165) is 6.20 Å². The van der Waals surface area contributed by atoms with Gasteiger partial charge in [-0.05, 0) is 0 Å². The number of nitriles is 1. The molecule has 0 radical (unpaired) electrons. The largest absolute Gasteiger partial charge is 0.240 e. The molecule has 0 unspecified atom stereocenters. The zero-order valence-corrected chi connectivity index (χ0v) is 6.55. The SMILES string of the molecule is [2H]C([2H])([2H])C([2H])(c1ncc(C#N)c(Cl)n1)C([2H])([2H])[2H]. The number of rotatable bonds is 1. The van der Waals surface area contributed by atoms with Gasteiger partial charge in [-0.1, -0.05) is 25.3 Å². The fourth-order valence-corrected chi connectivity index (χ4v) is 0.728. The standard InChI is InChI=1S/C8H8ClN3/c1-5(2)8-11-4-6(3-10)7(9)12-8/h4-5H,1-2H3/i1D3,2D3,5D. The van der Waals surface area contributed by atoms with E-state index in [4.69, 9.17) is 26.5 Å². The summed E-state index contributed by atoms with van der Waals surface area (Å²) in [4.78, 5) is 6.96. The molecule has 0 aromatic carbocycles. The van der Waals surface area contributed by atoms with Gasteiger partial charge in [0.2, 0.25) is 0 Å². The summed E-state index contributed by atoms with van der Waals surface area (Å²) in [7, 11) is 0. The maximum absolute atomic E-state index is 8.65. The Labute approximate surface area is 85.9 Å². The highest BCUT2D eigenvalue weighted by Gasteiger charge is 2.06. The van der Waals surface area contributed by atoms with Crippen molar-refractivity contribution in [1.82, 2.24) is 9.97 Å². The molecule has 0 aliphatic carbocycles. The molecule has 1 rings (SSSR count). The number of hydrogen-bond acceptors (Lipinski definition) is 3. The molecule has 0 spiro atoms. The molecule has 0 aliphatic rings. The van der Waals surface area contributed by atoms with Crippen molar-refractivity contribution in [2.75, 3.05) is 0 Å². The monoisotopic (exact) mass is 188 g/mol. The lowest BCUT2D eigenvalue weighted by atomic mass is 10.2. The zero-order valence-electron chi connectivity index (χ0n) is 12.8. The molecule has 0 saturated heterocycles. The molecule has 3 nitrogen and oxygen atoms in total. The van der Waals surface area contributed by atoms with Gasteiger partial charge in [-0.3, -0.25) is 0 Å². The van der Waals surface area contributed by atoms with Crippen molar-refractivity contribution in [1.29, 1.82) is 5.26 Å². The van der Waals surface area contributed by atoms with Crippen LogP contribution in [-0.4, -0.2) is 9.97 Å². The average Bonchev–Trinajstić information content (AvgIpc) is 2.24. The maximum Gasteiger partial charge on any atom is 0.150 e. The summed E-state index contributed by atoms with van der Waals surface area (Å²) in [6.07, 6.45) is 0.894. The van der Waals surface area contributed by atoms with Gasteiger partial charge in [0.05, 0.1) is 0 Å². The normalized spacial score (nSPS) is 21.5. The van der Waals surface area contributed by atoms with Crippen LogP contribution in [0.5, 0.6) is 0 Å². The Kier molecular flexibility index (Phi) is 0.967. The van der Waals surface area contributed by atoms with Crippen molar-refractivity contribution in [3.05, 3.63) is 22.7 Å². The highest BCUT2D eigenvalue weighted by Crippen LogP contribution is 2.14. The summed E-state index contributed by atoms with van der Waals surface area (Å²) in [5.41, 5.74) is -0.135. The van der Waals surface area contributed by atoms with Crippen molar-refractivity contribution in [3.8, 4) is 6.07 Å². The van der Waals surface area contributed by atoms with Crippen LogP contribution in [0.3, 0.4) is 0 Å². The zero-order chi connectivity index (χ0) is 15.1. The number of hydrogen-bond donors (Lipinski definition) is 0. The quantitative estimate of drug-likeness (QED) is 0.635. The number of halogens is 1. The molecule has 62 valence electrons. The second-order valence-electron chi connectivity index (χ2n) is 1.88. The van der Waals surface area contributed by atoms with Gasteiger partial charge in [0.15, 0.2) is 5.15 Å². The topological polar surface area (TPSA) is 49.6 Å². The molecule has 1 aromatic rings. The average molecular weight is 189 g/mol. The molecule has 12 heavy (non-hydrogen) atoms. The van der Waals surface area contributed by atoms with E-state index in [2.05, 4.69) is 9.97 Å². The van der Waals surface area contributed by atoms with Gasteiger partial charge in [0.1, 0.15) is 17.5 Å². The molecule has 0 amide bonds. The molecule has 0 aliphatic heterocycles. The summed E-state index contributed by atoms with van der Waals surface area (Å²) in [6, 6.07) is 1.65. The third-order valence-corrected chi connectivity index (χ3v) is 1.37. The second-order valence-corrected chi connectivity index (χ2v) is 2.24. The minimum atomic E-state index is -3.18. The fraction of sp³-hybridized carbons (Fsp3) is 0.375. The summed E-state index contributed by atoms with van der Waals surface area (Å²) < 4.78 is 51.3. The third-order valence-electron chi connectivity index (χ3n) is 1.09. The van der Waals surface area contributed by atoms with E-state index in [9.17, 15) is 0 Å². The minimum Gasteiger partial charge on any atom is -0.240 e. The van der Waals surface area contributed by atoms with Gasteiger partial charge in [0.25, 0.3) is 0 Å². The van der Waals surface area contributed by atoms with Gasteiger partial charge in [-0.15, -0.1) is 0 Å². The first-order chi connectivity index (χ1) is 8.45. The summed E-state index contributed by atoms with van der Waals surface area (Å²) in [5, 5.41) is 8.26. The molecule has 0 atom stereocenters. The Hall–Kier alpha value is -1.14. The highest BCUT2D eigenvalue weighted by atomic mass is 35.5. The minimum absolute atomic E-state index is 0.135. The Morgan fingerprint density at radius 3 is 3.08 bits per heavy atom. The molecule has 0 N–H and O–H groups in total. The summed E-state index contributed by atoms with van der Waals surface area (Å²) in [6.45, 7) is -6.37. The van der Waals surface area contributed by atoms with E-state index >= 15 is 0 Å². The van der Waals surface area contributed by atoms with Crippen LogP contribution in [0.15, 0.2) is 6.20 Å². The van der Waals surface area contributed by atoms with E-state index in [-0.39, 0.29) is 5.56 Å². The van der Waals surface area contributed by atoms with Gasteiger partial charge < -0.3 is 0 Å². The van der Waals surface area contributed by atoms with Gasteiger partial charge >= 0.3 is 0 Å². The lowest BCUT2D eigenvalue weighted by Gasteiger charge is -2.02. The van der Waals surface area contributed by atoms with Crippen LogP contribution in [-0.2, 0) is 0 Å². The lowest BCUT2D eigenvalue weighted by molar-refractivity contribution is 0.773. The van der Waals surface area contributed by atoms with Crippen molar-refractivity contribution in [3.63, 3.8) is 0 Å². The third kappa shape index (κ3) is 1.72. The molecule has 0 fully saturated rings. The van der Waals surface area contributed by atoms with Gasteiger partial charge in [-0.25, -0.2) is 9.97 Å². The molecular formula is C8H8ClN3. The first kappa shape index (κ1) is 3.31. The van der Waals surface area contributed by atoms with E-state index in [0.29, 0.717) is 0 Å². The Balaban J connectivity index is 3.54. The van der Waals surface area contributed by atoms with Crippen LogP contribution in [0.25, 0.3) is 0 Å². The van der Waals surface area contributed by atoms with E-state index in [1.807, 2.05) is 0 Å². The van der Waals surface area contributed by atoms with Crippen molar-refractivity contribution in [2.24, 2.45) is 0 Å². The van der Waals surface area contributed by atoms with Crippen molar-refractivity contribution < 1.29 is 9.60 Å². The maximum atomic E-state index is 8.65. The summed E-state index contributed by atoms with van der Waals surface area (Å²) >= 11 is 5.61. The van der Waals surface area contributed by atoms with E-state index in [1.54, 1.807) is 6.07 Å². The Morgan fingerprint density at radius 2 is 2.58 bits per heavy atom. The Morgan fingerprint density at radius 1 is 1.83 bits per heavy atom. The van der Waals surface area contributed by atoms with Gasteiger partial charge in [0, 0.05) is 21.7 Å². The highest BCUT2D eigenvalue weighted by molar-refractivity contribution is 6.30. The van der Waals surface area contributed by atoms with Crippen LogP contribution in [0.2, 0.25) is 5.15 Å². The number of aromatic nitrogens is 2. The predicted octanol–water partition coefficient (Wildman–Crippen LogP) is 2.13. The Bertz CT molecular complexity index is 517. The molecular weight excluding hydrogens is 174 g/mol. The second kappa shape index (κ2) is 3.51. The predicted molar refractivity (Wildman–Crippen MR) is 45.8 cm³/mol. The van der Waals surface area contributed by atoms with Crippen LogP contribution in [0.4, 0.5) is 0 Å². The van der Waals surface area contributed by atoms with Crippen LogP contribution in [0.1, 0.15) is 40.6 Å². The van der Waals surface area contributed by atoms with Crippen LogP contribution in [0, 0.1) is 11.3 Å². The lowest BCUT2D eigenvalue weighted by Crippen LogP contribution is -1.98. The summed E-state index contributed by atoms with van der Waals surface area (Å²) in [5.74, 6) is -3.78. The first-order valence-corrected chi connectivity index (χ1v) is 3.26. The first-order valence-electron chi connectivity index (χ1n) is 6.38. The molecule has 1 aromatic heterocycles. The van der Waals surface area contributed by atoms with Crippen LogP contribution >= 0.6 is 11.6 Å². The molecule has 0 bridgehead atoms. The van der Waals surface area contributed by atoms with Gasteiger partial charge in [-0.2, -0.15) is 5.26 Å². The van der Waals surface area contributed by atoms with Crippen molar-refractivity contribution in [2.45, 2.75) is 19.6 Å². The van der Waals surface area contributed by atoms with Crippen molar-refractivity contribution >= 4 is 11.6 Å². The molecule has 4 heteroatoms.